The van der Waals surface area contributed by atoms with Gasteiger partial charge in [0.05, 0.1) is 18.1 Å². The van der Waals surface area contributed by atoms with E-state index in [1.165, 1.54) is 24.5 Å². The quantitative estimate of drug-likeness (QED) is 0.646. The van der Waals surface area contributed by atoms with Crippen LogP contribution in [0.1, 0.15) is 11.1 Å². The Bertz CT molecular complexity index is 1050. The molecule has 9 heteroatoms. The van der Waals surface area contributed by atoms with E-state index in [1.54, 1.807) is 36.7 Å². The van der Waals surface area contributed by atoms with Crippen LogP contribution in [0.5, 0.6) is 5.75 Å². The van der Waals surface area contributed by atoms with Crippen LogP contribution in [-0.2, 0) is 27.7 Å². The zero-order chi connectivity index (χ0) is 20.3. The van der Waals surface area contributed by atoms with Crippen molar-refractivity contribution in [2.75, 3.05) is 17.9 Å². The minimum absolute atomic E-state index is 0.105. The Morgan fingerprint density at radius 1 is 1.21 bits per heavy atom. The van der Waals surface area contributed by atoms with Crippen LogP contribution in [0.25, 0.3) is 0 Å². The molecular formula is C20H19FN4O3S. The Morgan fingerprint density at radius 3 is 2.86 bits per heavy atom. The van der Waals surface area contributed by atoms with Crippen LogP contribution in [0.15, 0.2) is 66.1 Å². The molecule has 1 unspecified atom stereocenters. The number of hydrogen-bond donors (Lipinski definition) is 1. The fourth-order valence-electron chi connectivity index (χ4n) is 3.12. The summed E-state index contributed by atoms with van der Waals surface area (Å²) in [5, 5.41) is 0. The maximum atomic E-state index is 13.9. The summed E-state index contributed by atoms with van der Waals surface area (Å²) in [6.07, 6.45) is 5.77. The van der Waals surface area contributed by atoms with E-state index in [0.717, 1.165) is 5.56 Å². The van der Waals surface area contributed by atoms with Crippen LogP contribution in [0.4, 0.5) is 10.1 Å². The second-order valence-corrected chi connectivity index (χ2v) is 8.33. The van der Waals surface area contributed by atoms with Gasteiger partial charge in [-0.15, -0.1) is 0 Å². The number of sulfonamides is 1. The third-order valence-corrected chi connectivity index (χ3v) is 5.95. The molecule has 0 spiro atoms. The van der Waals surface area contributed by atoms with Crippen LogP contribution in [-0.4, -0.2) is 32.6 Å². The summed E-state index contributed by atoms with van der Waals surface area (Å²) in [7, 11) is -3.77. The van der Waals surface area contributed by atoms with Crippen molar-refractivity contribution in [1.82, 2.24) is 14.9 Å². The third-order valence-electron chi connectivity index (χ3n) is 4.57. The Labute approximate surface area is 169 Å². The van der Waals surface area contributed by atoms with Crippen molar-refractivity contribution in [3.63, 3.8) is 0 Å². The van der Waals surface area contributed by atoms with Gasteiger partial charge < -0.3 is 9.29 Å². The smallest absolute Gasteiger partial charge is 0.184 e. The van der Waals surface area contributed by atoms with Gasteiger partial charge in [0.15, 0.2) is 15.3 Å². The van der Waals surface area contributed by atoms with Gasteiger partial charge in [0.1, 0.15) is 18.2 Å². The lowest BCUT2D eigenvalue weighted by atomic mass is 10.1. The van der Waals surface area contributed by atoms with Gasteiger partial charge in [-0.25, -0.2) is 9.11 Å². The number of rotatable bonds is 5. The molecule has 4 rings (SSSR count). The highest BCUT2D eigenvalue weighted by atomic mass is 32.3. The molecule has 1 aromatic carbocycles. The van der Waals surface area contributed by atoms with Crippen molar-refractivity contribution >= 4 is 16.1 Å². The first-order valence-corrected chi connectivity index (χ1v) is 10.5. The molecule has 0 saturated heterocycles. The highest BCUT2D eigenvalue weighted by molar-refractivity contribution is 7.98. The maximum absolute atomic E-state index is 13.9. The predicted molar refractivity (Wildman–Crippen MR) is 105 cm³/mol. The monoisotopic (exact) mass is 414 g/mol. The zero-order valence-corrected chi connectivity index (χ0v) is 16.3. The van der Waals surface area contributed by atoms with Crippen molar-refractivity contribution in [2.45, 2.75) is 18.0 Å². The summed E-state index contributed by atoms with van der Waals surface area (Å²) in [4.78, 5) is 9.83. The number of ether oxygens (including phenoxy) is 1. The van der Waals surface area contributed by atoms with Gasteiger partial charge in [0.25, 0.3) is 0 Å². The molecule has 7 nitrogen and oxygen atoms in total. The van der Waals surface area contributed by atoms with Gasteiger partial charge in [-0.1, -0.05) is 4.21 Å². The molecule has 1 atom stereocenters. The van der Waals surface area contributed by atoms with Crippen LogP contribution in [0.2, 0.25) is 0 Å². The molecule has 0 amide bonds. The summed E-state index contributed by atoms with van der Waals surface area (Å²) in [6.45, 7) is 1.90. The van der Waals surface area contributed by atoms with Gasteiger partial charge in [-0.2, -0.15) is 0 Å². The molecule has 2 aromatic heterocycles. The fourth-order valence-corrected chi connectivity index (χ4v) is 4.18. The number of aromatic nitrogens is 2. The van der Waals surface area contributed by atoms with Crippen molar-refractivity contribution in [3.05, 3.63) is 78.1 Å². The second-order valence-electron chi connectivity index (χ2n) is 6.64. The normalized spacial score (nSPS) is 16.2. The molecule has 0 saturated carbocycles. The molecule has 1 aliphatic rings. The number of anilines is 1. The predicted octanol–water partition coefficient (Wildman–Crippen LogP) is 3.03. The molecule has 3 aromatic rings. The molecule has 150 valence electrons. The van der Waals surface area contributed by atoms with Crippen molar-refractivity contribution < 1.29 is 17.9 Å². The minimum atomic E-state index is -3.77. The lowest BCUT2D eigenvalue weighted by Gasteiger charge is -2.20. The van der Waals surface area contributed by atoms with Gasteiger partial charge in [0, 0.05) is 49.2 Å². The minimum Gasteiger partial charge on any atom is -0.588 e. The number of pyridine rings is 2. The molecule has 1 aliphatic heterocycles. The van der Waals surface area contributed by atoms with E-state index in [1.807, 2.05) is 4.90 Å². The van der Waals surface area contributed by atoms with Crippen LogP contribution < -0.4 is 9.46 Å². The highest BCUT2D eigenvalue weighted by Crippen LogP contribution is 2.29. The zero-order valence-electron chi connectivity index (χ0n) is 15.5. The summed E-state index contributed by atoms with van der Waals surface area (Å²) >= 11 is 0. The lowest BCUT2D eigenvalue weighted by Crippen LogP contribution is -2.25. The Hall–Kier alpha value is -2.88. The number of halogens is 1. The average Bonchev–Trinajstić information content (AvgIpc) is 2.91. The third kappa shape index (κ3) is 4.58. The van der Waals surface area contributed by atoms with Crippen molar-refractivity contribution in [2.24, 2.45) is 0 Å². The molecule has 0 fully saturated rings. The van der Waals surface area contributed by atoms with Gasteiger partial charge in [0.2, 0.25) is 0 Å². The van der Waals surface area contributed by atoms with E-state index in [9.17, 15) is 13.2 Å². The summed E-state index contributed by atoms with van der Waals surface area (Å²) in [5.41, 5.74) is 1.79. The van der Waals surface area contributed by atoms with E-state index in [2.05, 4.69) is 14.7 Å². The average molecular weight is 414 g/mol. The number of benzene rings is 1. The summed E-state index contributed by atoms with van der Waals surface area (Å²) < 4.78 is 47.5. The summed E-state index contributed by atoms with van der Waals surface area (Å²) in [5.74, 6) is 0.164. The van der Waals surface area contributed by atoms with Gasteiger partial charge >= 0.3 is 0 Å². The van der Waals surface area contributed by atoms with Gasteiger partial charge in [-0.3, -0.25) is 14.9 Å². The van der Waals surface area contributed by atoms with Crippen LogP contribution in [0, 0.1) is 5.82 Å². The highest BCUT2D eigenvalue weighted by Gasteiger charge is 2.24. The molecule has 29 heavy (non-hydrogen) atoms. The van der Waals surface area contributed by atoms with Crippen molar-refractivity contribution in [3.8, 4) is 5.75 Å². The van der Waals surface area contributed by atoms with Crippen LogP contribution in [0.3, 0.4) is 0 Å². The van der Waals surface area contributed by atoms with E-state index >= 15 is 0 Å². The first-order chi connectivity index (χ1) is 14.0. The molecule has 0 bridgehead atoms. The number of fused-ring (bicyclic) bond motifs is 1. The molecule has 0 aliphatic carbocycles. The fraction of sp³-hybridized carbons (Fsp3) is 0.200. The van der Waals surface area contributed by atoms with Gasteiger partial charge in [-0.05, 0) is 30.3 Å². The molecule has 3 heterocycles. The largest absolute Gasteiger partial charge is 0.588 e. The SMILES string of the molecule is O=[S+]([O-])(Nc1cccnc1)c1ccc2c(c1)OCCN(Cc1ccncc1F)C2. The lowest BCUT2D eigenvalue weighted by molar-refractivity contribution is 0.217. The van der Waals surface area contributed by atoms with E-state index in [4.69, 9.17) is 4.74 Å². The summed E-state index contributed by atoms with van der Waals surface area (Å²) in [6, 6.07) is 9.72. The first-order valence-electron chi connectivity index (χ1n) is 9.00. The van der Waals surface area contributed by atoms with Crippen molar-refractivity contribution in [1.29, 1.82) is 0 Å². The first kappa shape index (κ1) is 19.4. The van der Waals surface area contributed by atoms with E-state index in [0.29, 0.717) is 43.2 Å². The van der Waals surface area contributed by atoms with E-state index < -0.39 is 10.4 Å². The maximum Gasteiger partial charge on any atom is 0.184 e. The second kappa shape index (κ2) is 8.24. The molecule has 0 radical (unpaired) electrons. The standard InChI is InChI=1S/C20H19FN4O3S/c21-19-12-23-7-5-15(19)13-25-8-9-28-20-10-18(4-3-16(20)14-25)29(26,27)24-17-2-1-6-22-11-17/h1-7,10-12H,8-9,13-14H2,(H-,24,26,27). The van der Waals surface area contributed by atoms with Crippen LogP contribution >= 0.6 is 0 Å². The van der Waals surface area contributed by atoms with E-state index in [-0.39, 0.29) is 10.7 Å². The number of nitrogens with zero attached hydrogens (tertiary/aromatic N) is 3. The molecular weight excluding hydrogens is 395 g/mol. The molecule has 1 N–H and O–H groups in total. The Morgan fingerprint density at radius 2 is 2.07 bits per heavy atom. The topological polar surface area (TPSA) is 90.4 Å². The Kier molecular flexibility index (Phi) is 5.52. The number of hydrogen-bond acceptors (Lipinski definition) is 6. The Balaban J connectivity index is 1.53. The number of nitrogens with one attached hydrogen (secondary N) is 1.